The third-order valence-electron chi connectivity index (χ3n) is 4.23. The van der Waals surface area contributed by atoms with E-state index in [1.165, 1.54) is 6.07 Å². The fraction of sp³-hybridized carbons (Fsp3) is 0.190. The smallest absolute Gasteiger partial charge is 0.338 e. The molecule has 1 aliphatic heterocycles. The van der Waals surface area contributed by atoms with E-state index < -0.39 is 18.5 Å². The lowest BCUT2D eigenvalue weighted by Gasteiger charge is -2.18. The van der Waals surface area contributed by atoms with E-state index in [0.29, 0.717) is 30.4 Å². The number of anilines is 1. The lowest BCUT2D eigenvalue weighted by atomic mass is 10.1. The zero-order valence-electron chi connectivity index (χ0n) is 15.6. The average molecular weight is 394 g/mol. The lowest BCUT2D eigenvalue weighted by molar-refractivity contribution is -0.119. The van der Waals surface area contributed by atoms with Crippen LogP contribution in [0.4, 0.5) is 5.88 Å². The monoisotopic (exact) mass is 394 g/mol. The molecule has 0 saturated heterocycles. The van der Waals surface area contributed by atoms with Crippen molar-refractivity contribution in [1.29, 1.82) is 0 Å². The van der Waals surface area contributed by atoms with Gasteiger partial charge in [-0.2, -0.15) is 0 Å². The summed E-state index contributed by atoms with van der Waals surface area (Å²) in [6, 6.07) is 14.1. The quantitative estimate of drug-likeness (QED) is 0.663. The van der Waals surface area contributed by atoms with Crippen molar-refractivity contribution in [2.24, 2.45) is 0 Å². The van der Waals surface area contributed by atoms with Crippen molar-refractivity contribution in [3.63, 3.8) is 0 Å². The summed E-state index contributed by atoms with van der Waals surface area (Å²) >= 11 is 0. The second-order valence-electron chi connectivity index (χ2n) is 6.43. The third kappa shape index (κ3) is 4.37. The molecule has 1 amide bonds. The number of aromatic nitrogens is 1. The summed E-state index contributed by atoms with van der Waals surface area (Å²) < 4.78 is 21.0. The first-order valence-corrected chi connectivity index (χ1v) is 8.99. The minimum absolute atomic E-state index is 0.168. The third-order valence-corrected chi connectivity index (χ3v) is 4.23. The van der Waals surface area contributed by atoms with Gasteiger partial charge >= 0.3 is 5.97 Å². The van der Waals surface area contributed by atoms with E-state index in [1.54, 1.807) is 18.2 Å². The minimum atomic E-state index is -0.643. The van der Waals surface area contributed by atoms with Crippen LogP contribution in [0.3, 0.4) is 0 Å². The summed E-state index contributed by atoms with van der Waals surface area (Å²) in [4.78, 5) is 24.2. The number of carbonyl (C=O) groups is 2. The van der Waals surface area contributed by atoms with E-state index in [9.17, 15) is 9.59 Å². The summed E-state index contributed by atoms with van der Waals surface area (Å²) in [7, 11) is 0. The number of amides is 1. The maximum Gasteiger partial charge on any atom is 0.338 e. The molecule has 0 saturated carbocycles. The number of rotatable bonds is 5. The van der Waals surface area contributed by atoms with Crippen molar-refractivity contribution >= 4 is 17.8 Å². The molecule has 0 radical (unpaired) electrons. The van der Waals surface area contributed by atoms with Crippen LogP contribution in [0.1, 0.15) is 15.9 Å². The number of hydrogen-bond donors (Lipinski definition) is 1. The summed E-state index contributed by atoms with van der Waals surface area (Å²) in [5, 5.41) is 6.44. The number of fused-ring (bicyclic) bond motifs is 1. The molecule has 29 heavy (non-hydrogen) atoms. The molecule has 0 fully saturated rings. The van der Waals surface area contributed by atoms with Crippen LogP contribution in [-0.4, -0.2) is 36.9 Å². The largest absolute Gasteiger partial charge is 0.486 e. The Kier molecular flexibility index (Phi) is 5.15. The fourth-order valence-corrected chi connectivity index (χ4v) is 2.75. The first-order valence-electron chi connectivity index (χ1n) is 8.99. The lowest BCUT2D eigenvalue weighted by Crippen LogP contribution is -2.21. The van der Waals surface area contributed by atoms with Crippen molar-refractivity contribution in [3.05, 3.63) is 59.7 Å². The number of nitrogens with zero attached hydrogens (tertiary/aromatic N) is 1. The van der Waals surface area contributed by atoms with Crippen LogP contribution >= 0.6 is 0 Å². The highest BCUT2D eigenvalue weighted by molar-refractivity contribution is 5.95. The van der Waals surface area contributed by atoms with Gasteiger partial charge in [0, 0.05) is 11.6 Å². The van der Waals surface area contributed by atoms with Gasteiger partial charge in [-0.1, -0.05) is 35.0 Å². The number of carbonyl (C=O) groups excluding carboxylic acids is 2. The molecule has 3 aromatic rings. The van der Waals surface area contributed by atoms with Gasteiger partial charge < -0.3 is 18.7 Å². The molecule has 0 bridgehead atoms. The van der Waals surface area contributed by atoms with Crippen LogP contribution in [0.5, 0.6) is 11.5 Å². The standard InChI is InChI=1S/C21H18N2O6/c1-13-2-4-14(5-3-13)16-11-20(29-23-16)22-19(24)12-28-21(25)15-6-7-17-18(10-15)27-9-8-26-17/h2-7,10-11H,8-9,12H2,1H3,(H,22,24). The molecule has 4 rings (SSSR count). The number of hydrogen-bond acceptors (Lipinski definition) is 7. The average Bonchev–Trinajstić information content (AvgIpc) is 3.20. The van der Waals surface area contributed by atoms with E-state index in [1.807, 2.05) is 31.2 Å². The molecule has 148 valence electrons. The molecular formula is C21H18N2O6. The highest BCUT2D eigenvalue weighted by Crippen LogP contribution is 2.31. The molecule has 1 aromatic heterocycles. The Balaban J connectivity index is 1.32. The van der Waals surface area contributed by atoms with Gasteiger partial charge in [0.1, 0.15) is 18.9 Å². The Morgan fingerprint density at radius 2 is 1.79 bits per heavy atom. The van der Waals surface area contributed by atoms with Gasteiger partial charge in [0.25, 0.3) is 5.91 Å². The Morgan fingerprint density at radius 3 is 2.59 bits per heavy atom. The predicted molar refractivity (Wildman–Crippen MR) is 103 cm³/mol. The number of esters is 1. The van der Waals surface area contributed by atoms with Gasteiger partial charge in [-0.25, -0.2) is 4.79 Å². The van der Waals surface area contributed by atoms with E-state index in [0.717, 1.165) is 11.1 Å². The minimum Gasteiger partial charge on any atom is -0.486 e. The van der Waals surface area contributed by atoms with Gasteiger partial charge in [0.2, 0.25) is 5.88 Å². The van der Waals surface area contributed by atoms with Crippen LogP contribution in [0.2, 0.25) is 0 Å². The SMILES string of the molecule is Cc1ccc(-c2cc(NC(=O)COC(=O)c3ccc4c(c3)OCCO4)on2)cc1. The number of nitrogens with one attached hydrogen (secondary N) is 1. The molecule has 8 heteroatoms. The van der Waals surface area contributed by atoms with Crippen molar-refractivity contribution in [1.82, 2.24) is 5.16 Å². The molecular weight excluding hydrogens is 376 g/mol. The highest BCUT2D eigenvalue weighted by atomic mass is 16.6. The molecule has 1 N–H and O–H groups in total. The molecule has 2 aromatic carbocycles. The van der Waals surface area contributed by atoms with Crippen LogP contribution in [0, 0.1) is 6.92 Å². The predicted octanol–water partition coefficient (Wildman–Crippen LogP) is 3.22. The second kappa shape index (κ2) is 8.05. The van der Waals surface area contributed by atoms with Gasteiger partial charge in [-0.05, 0) is 25.1 Å². The zero-order chi connectivity index (χ0) is 20.2. The van der Waals surface area contributed by atoms with Crippen molar-refractivity contribution in [2.75, 3.05) is 25.1 Å². The second-order valence-corrected chi connectivity index (χ2v) is 6.43. The normalized spacial score (nSPS) is 12.3. The zero-order valence-corrected chi connectivity index (χ0v) is 15.6. The summed E-state index contributed by atoms with van der Waals surface area (Å²) in [6.07, 6.45) is 0. The molecule has 0 unspecified atom stereocenters. The van der Waals surface area contributed by atoms with Crippen LogP contribution in [-0.2, 0) is 9.53 Å². The molecule has 8 nitrogen and oxygen atoms in total. The van der Waals surface area contributed by atoms with Crippen LogP contribution in [0.15, 0.2) is 53.1 Å². The maximum atomic E-state index is 12.2. The van der Waals surface area contributed by atoms with E-state index in [4.69, 9.17) is 18.7 Å². The fourth-order valence-electron chi connectivity index (χ4n) is 2.75. The maximum absolute atomic E-state index is 12.2. The first kappa shape index (κ1) is 18.5. The van der Waals surface area contributed by atoms with Gasteiger partial charge in [-0.15, -0.1) is 0 Å². The van der Waals surface area contributed by atoms with Gasteiger partial charge in [-0.3, -0.25) is 10.1 Å². The molecule has 0 spiro atoms. The van der Waals surface area contributed by atoms with E-state index >= 15 is 0 Å². The summed E-state index contributed by atoms with van der Waals surface area (Å²) in [5.74, 6) is 0.0270. The van der Waals surface area contributed by atoms with Crippen molar-refractivity contribution in [2.45, 2.75) is 6.92 Å². The van der Waals surface area contributed by atoms with E-state index in [-0.39, 0.29) is 11.4 Å². The first-order chi connectivity index (χ1) is 14.1. The number of benzene rings is 2. The summed E-state index contributed by atoms with van der Waals surface area (Å²) in [6.45, 7) is 2.40. The Hall–Kier alpha value is -3.81. The topological polar surface area (TPSA) is 99.9 Å². The van der Waals surface area contributed by atoms with E-state index in [2.05, 4.69) is 10.5 Å². The van der Waals surface area contributed by atoms with Crippen molar-refractivity contribution in [3.8, 4) is 22.8 Å². The van der Waals surface area contributed by atoms with Gasteiger partial charge in [0.15, 0.2) is 18.1 Å². The Bertz CT molecular complexity index is 1040. The molecule has 2 heterocycles. The number of aryl methyl sites for hydroxylation is 1. The molecule has 1 aliphatic rings. The Labute approximate surface area is 166 Å². The van der Waals surface area contributed by atoms with Gasteiger partial charge in [0.05, 0.1) is 5.56 Å². The molecule has 0 atom stereocenters. The van der Waals surface area contributed by atoms with Crippen molar-refractivity contribution < 1.29 is 28.3 Å². The van der Waals surface area contributed by atoms with Crippen LogP contribution in [0.25, 0.3) is 11.3 Å². The number of ether oxygens (including phenoxy) is 3. The van der Waals surface area contributed by atoms with Crippen LogP contribution < -0.4 is 14.8 Å². The molecule has 0 aliphatic carbocycles. The Morgan fingerprint density at radius 1 is 1.03 bits per heavy atom. The summed E-state index contributed by atoms with van der Waals surface area (Å²) in [5.41, 5.74) is 2.85. The highest BCUT2D eigenvalue weighted by Gasteiger charge is 2.17.